The van der Waals surface area contributed by atoms with E-state index in [1.165, 1.54) is 6.54 Å². The lowest BCUT2D eigenvalue weighted by molar-refractivity contribution is 0.154. The lowest BCUT2D eigenvalue weighted by Gasteiger charge is -2.21. The SMILES string of the molecule is COCCN(C)CCN1CCC(N)C1. The third-order valence-electron chi connectivity index (χ3n) is 2.78. The molecule has 0 bridgehead atoms. The minimum atomic E-state index is 0.402. The van der Waals surface area contributed by atoms with Crippen molar-refractivity contribution in [2.24, 2.45) is 5.73 Å². The molecule has 0 saturated carbocycles. The van der Waals surface area contributed by atoms with Gasteiger partial charge in [0.05, 0.1) is 6.61 Å². The predicted molar refractivity (Wildman–Crippen MR) is 58.4 cm³/mol. The predicted octanol–water partition coefficient (Wildman–Crippen LogP) is -0.402. The van der Waals surface area contributed by atoms with Crippen molar-refractivity contribution in [1.29, 1.82) is 0 Å². The second-order valence-electron chi connectivity index (χ2n) is 4.15. The summed E-state index contributed by atoms with van der Waals surface area (Å²) in [5.74, 6) is 0. The van der Waals surface area contributed by atoms with Crippen LogP contribution in [0.3, 0.4) is 0 Å². The molecule has 0 aromatic rings. The summed E-state index contributed by atoms with van der Waals surface area (Å²) in [6.45, 7) is 6.30. The van der Waals surface area contributed by atoms with Gasteiger partial charge in [-0.3, -0.25) is 0 Å². The van der Waals surface area contributed by atoms with Gasteiger partial charge in [-0.15, -0.1) is 0 Å². The molecule has 84 valence electrons. The molecule has 1 aliphatic heterocycles. The highest BCUT2D eigenvalue weighted by atomic mass is 16.5. The second kappa shape index (κ2) is 6.35. The Bertz CT molecular complexity index is 154. The van der Waals surface area contributed by atoms with Crippen LogP contribution in [0.5, 0.6) is 0 Å². The van der Waals surface area contributed by atoms with Gasteiger partial charge >= 0.3 is 0 Å². The van der Waals surface area contributed by atoms with Crippen LogP contribution in [0.25, 0.3) is 0 Å². The molecule has 1 rings (SSSR count). The van der Waals surface area contributed by atoms with Crippen molar-refractivity contribution in [3.05, 3.63) is 0 Å². The highest BCUT2D eigenvalue weighted by Gasteiger charge is 2.18. The molecule has 0 spiro atoms. The fourth-order valence-corrected chi connectivity index (χ4v) is 1.74. The summed E-state index contributed by atoms with van der Waals surface area (Å²) in [5, 5.41) is 0. The van der Waals surface area contributed by atoms with Crippen molar-refractivity contribution in [3.8, 4) is 0 Å². The maximum atomic E-state index is 5.84. The number of hydrogen-bond donors (Lipinski definition) is 1. The molecule has 0 radical (unpaired) electrons. The van der Waals surface area contributed by atoms with Gasteiger partial charge in [-0.05, 0) is 20.0 Å². The smallest absolute Gasteiger partial charge is 0.0589 e. The third kappa shape index (κ3) is 4.37. The van der Waals surface area contributed by atoms with Crippen molar-refractivity contribution < 1.29 is 4.74 Å². The molecule has 1 saturated heterocycles. The molecule has 0 aliphatic carbocycles. The standard InChI is InChI=1S/C10H23N3O/c1-12(7-8-14-2)5-6-13-4-3-10(11)9-13/h10H,3-9,11H2,1-2H3. The first-order valence-corrected chi connectivity index (χ1v) is 5.38. The number of rotatable bonds is 6. The molecule has 4 nitrogen and oxygen atoms in total. The van der Waals surface area contributed by atoms with Gasteiger partial charge in [0.15, 0.2) is 0 Å². The zero-order valence-corrected chi connectivity index (χ0v) is 9.41. The number of nitrogens with zero attached hydrogens (tertiary/aromatic N) is 2. The summed E-state index contributed by atoms with van der Waals surface area (Å²) in [6, 6.07) is 0.402. The number of ether oxygens (including phenoxy) is 1. The average Bonchev–Trinajstić information content (AvgIpc) is 2.58. The minimum absolute atomic E-state index is 0.402. The van der Waals surface area contributed by atoms with Crippen LogP contribution >= 0.6 is 0 Å². The number of likely N-dealkylation sites (tertiary alicyclic amines) is 1. The Morgan fingerprint density at radius 2 is 2.29 bits per heavy atom. The molecule has 1 unspecified atom stereocenters. The van der Waals surface area contributed by atoms with Crippen LogP contribution in [0.2, 0.25) is 0 Å². The van der Waals surface area contributed by atoms with Gasteiger partial charge in [0.1, 0.15) is 0 Å². The molecule has 14 heavy (non-hydrogen) atoms. The van der Waals surface area contributed by atoms with Crippen LogP contribution < -0.4 is 5.73 Å². The van der Waals surface area contributed by atoms with Crippen LogP contribution in [-0.4, -0.2) is 69.3 Å². The zero-order chi connectivity index (χ0) is 10.4. The fraction of sp³-hybridized carbons (Fsp3) is 1.00. The summed E-state index contributed by atoms with van der Waals surface area (Å²) < 4.78 is 5.03. The lowest BCUT2D eigenvalue weighted by Crippen LogP contribution is -2.34. The van der Waals surface area contributed by atoms with Crippen molar-refractivity contribution in [3.63, 3.8) is 0 Å². The lowest BCUT2D eigenvalue weighted by atomic mass is 10.3. The van der Waals surface area contributed by atoms with Gasteiger partial charge in [0, 0.05) is 39.3 Å². The number of nitrogens with two attached hydrogens (primary N) is 1. The van der Waals surface area contributed by atoms with Crippen LogP contribution in [0.4, 0.5) is 0 Å². The molecule has 0 aromatic carbocycles. The van der Waals surface area contributed by atoms with E-state index < -0.39 is 0 Å². The molecular weight excluding hydrogens is 178 g/mol. The van der Waals surface area contributed by atoms with E-state index in [-0.39, 0.29) is 0 Å². The van der Waals surface area contributed by atoms with Crippen molar-refractivity contribution >= 4 is 0 Å². The van der Waals surface area contributed by atoms with Crippen molar-refractivity contribution in [1.82, 2.24) is 9.80 Å². The van der Waals surface area contributed by atoms with Crippen LogP contribution in [0, 0.1) is 0 Å². The topological polar surface area (TPSA) is 41.7 Å². The first-order chi connectivity index (χ1) is 6.72. The monoisotopic (exact) mass is 201 g/mol. The Balaban J connectivity index is 2.02. The van der Waals surface area contributed by atoms with Crippen molar-refractivity contribution in [2.45, 2.75) is 12.5 Å². The van der Waals surface area contributed by atoms with Gasteiger partial charge in [-0.1, -0.05) is 0 Å². The molecule has 1 fully saturated rings. The Hall–Kier alpha value is -0.160. The van der Waals surface area contributed by atoms with Crippen LogP contribution in [-0.2, 0) is 4.74 Å². The largest absolute Gasteiger partial charge is 0.383 e. The summed E-state index contributed by atoms with van der Waals surface area (Å²) in [4.78, 5) is 4.74. The van der Waals surface area contributed by atoms with E-state index in [1.54, 1.807) is 7.11 Å². The van der Waals surface area contributed by atoms with Crippen LogP contribution in [0.1, 0.15) is 6.42 Å². The van der Waals surface area contributed by atoms with E-state index in [9.17, 15) is 0 Å². The summed E-state index contributed by atoms with van der Waals surface area (Å²) in [6.07, 6.45) is 1.15. The maximum absolute atomic E-state index is 5.84. The molecule has 2 N–H and O–H groups in total. The highest BCUT2D eigenvalue weighted by molar-refractivity contribution is 4.77. The van der Waals surface area contributed by atoms with E-state index in [2.05, 4.69) is 16.8 Å². The molecule has 0 amide bonds. The minimum Gasteiger partial charge on any atom is -0.383 e. The fourth-order valence-electron chi connectivity index (χ4n) is 1.74. The summed E-state index contributed by atoms with van der Waals surface area (Å²) >= 11 is 0. The first kappa shape index (κ1) is 11.9. The van der Waals surface area contributed by atoms with Gasteiger partial charge in [-0.2, -0.15) is 0 Å². The second-order valence-corrected chi connectivity index (χ2v) is 4.15. The van der Waals surface area contributed by atoms with Crippen LogP contribution in [0.15, 0.2) is 0 Å². The van der Waals surface area contributed by atoms with E-state index in [0.29, 0.717) is 6.04 Å². The molecule has 1 atom stereocenters. The number of likely N-dealkylation sites (N-methyl/N-ethyl adjacent to an activating group) is 1. The molecule has 1 aliphatic rings. The number of hydrogen-bond acceptors (Lipinski definition) is 4. The van der Waals surface area contributed by atoms with Gasteiger partial charge in [0.25, 0.3) is 0 Å². The molecule has 1 heterocycles. The van der Waals surface area contributed by atoms with E-state index in [0.717, 1.165) is 39.2 Å². The Labute approximate surface area is 87.0 Å². The Morgan fingerprint density at radius 3 is 2.86 bits per heavy atom. The summed E-state index contributed by atoms with van der Waals surface area (Å²) in [7, 11) is 3.88. The number of methoxy groups -OCH3 is 1. The van der Waals surface area contributed by atoms with Crippen molar-refractivity contribution in [2.75, 3.05) is 53.5 Å². The first-order valence-electron chi connectivity index (χ1n) is 5.38. The van der Waals surface area contributed by atoms with Gasteiger partial charge < -0.3 is 20.3 Å². The van der Waals surface area contributed by atoms with Gasteiger partial charge in [0.2, 0.25) is 0 Å². The maximum Gasteiger partial charge on any atom is 0.0589 e. The van der Waals surface area contributed by atoms with E-state index in [4.69, 9.17) is 10.5 Å². The summed E-state index contributed by atoms with van der Waals surface area (Å²) in [5.41, 5.74) is 5.84. The molecule has 0 aromatic heterocycles. The molecular formula is C10H23N3O. The molecule has 4 heteroatoms. The van der Waals surface area contributed by atoms with Gasteiger partial charge in [-0.25, -0.2) is 0 Å². The Kier molecular flexibility index (Phi) is 5.40. The zero-order valence-electron chi connectivity index (χ0n) is 9.41. The van der Waals surface area contributed by atoms with E-state index in [1.807, 2.05) is 0 Å². The highest BCUT2D eigenvalue weighted by Crippen LogP contribution is 2.05. The Morgan fingerprint density at radius 1 is 1.50 bits per heavy atom. The average molecular weight is 201 g/mol. The third-order valence-corrected chi connectivity index (χ3v) is 2.78. The normalized spacial score (nSPS) is 23.6. The van der Waals surface area contributed by atoms with E-state index >= 15 is 0 Å². The quantitative estimate of drug-likeness (QED) is 0.635.